The molecule has 5 nitrogen and oxygen atoms in total. The van der Waals surface area contributed by atoms with Crippen LogP contribution in [-0.4, -0.2) is 31.7 Å². The predicted molar refractivity (Wildman–Crippen MR) is 122 cm³/mol. The molecule has 1 heterocycles. The third-order valence-corrected chi connectivity index (χ3v) is 7.72. The molecule has 1 fully saturated rings. The van der Waals surface area contributed by atoms with E-state index in [0.717, 1.165) is 27.9 Å². The maximum Gasteiger partial charge on any atom is 0.228 e. The molecule has 1 saturated heterocycles. The van der Waals surface area contributed by atoms with Crippen molar-refractivity contribution in [1.29, 1.82) is 0 Å². The summed E-state index contributed by atoms with van der Waals surface area (Å²) in [5.41, 5.74) is 4.76. The number of carbonyl (C=O) groups is 1. The molecule has 1 atom stereocenters. The molecule has 162 valence electrons. The molecule has 0 unspecified atom stereocenters. The summed E-state index contributed by atoms with van der Waals surface area (Å²) in [4.78, 5) is 13.0. The minimum absolute atomic E-state index is 0.0245. The van der Waals surface area contributed by atoms with E-state index in [1.165, 1.54) is 4.31 Å². The molecule has 1 aliphatic heterocycles. The van der Waals surface area contributed by atoms with E-state index < -0.39 is 10.0 Å². The van der Waals surface area contributed by atoms with Crippen molar-refractivity contribution >= 4 is 21.6 Å². The molecule has 1 N–H and O–H groups in total. The Hall–Kier alpha value is -2.18. The van der Waals surface area contributed by atoms with E-state index in [1.807, 2.05) is 56.3 Å². The molecule has 6 heteroatoms. The standard InChI is InChI=1S/C24H32N2O3S/c1-17(2)22-13-7-10-19(4)23(22)25-24(27)20-12-8-14-26(15-20)30(28,29)16-21-11-6-5-9-18(21)3/h5-7,9-11,13,17,20H,8,12,14-16H2,1-4H3,(H,25,27)/t20-/m0/s1. The van der Waals surface area contributed by atoms with Gasteiger partial charge in [-0.15, -0.1) is 0 Å². The number of anilines is 1. The van der Waals surface area contributed by atoms with Gasteiger partial charge in [0.1, 0.15) is 0 Å². The second kappa shape index (κ2) is 9.31. The summed E-state index contributed by atoms with van der Waals surface area (Å²) in [5.74, 6) is -0.173. The first-order chi connectivity index (χ1) is 14.2. The summed E-state index contributed by atoms with van der Waals surface area (Å²) in [7, 11) is -3.47. The van der Waals surface area contributed by atoms with Crippen LogP contribution in [0.3, 0.4) is 0 Å². The van der Waals surface area contributed by atoms with Crippen molar-refractivity contribution in [2.75, 3.05) is 18.4 Å². The molecule has 0 aromatic heterocycles. The van der Waals surface area contributed by atoms with Crippen molar-refractivity contribution in [2.45, 2.75) is 52.2 Å². The monoisotopic (exact) mass is 428 g/mol. The van der Waals surface area contributed by atoms with E-state index in [4.69, 9.17) is 0 Å². The number of hydrogen-bond donors (Lipinski definition) is 1. The fraction of sp³-hybridized carbons (Fsp3) is 0.458. The first-order valence-electron chi connectivity index (χ1n) is 10.6. The highest BCUT2D eigenvalue weighted by Gasteiger charge is 2.33. The first kappa shape index (κ1) is 22.5. The van der Waals surface area contributed by atoms with Crippen LogP contribution >= 0.6 is 0 Å². The molecule has 2 aromatic rings. The maximum absolute atomic E-state index is 13.0. The van der Waals surface area contributed by atoms with Crippen molar-refractivity contribution in [3.8, 4) is 0 Å². The average molecular weight is 429 g/mol. The van der Waals surface area contributed by atoms with Crippen molar-refractivity contribution in [1.82, 2.24) is 4.31 Å². The fourth-order valence-electron chi connectivity index (χ4n) is 4.04. The fourth-order valence-corrected chi connectivity index (χ4v) is 5.75. The zero-order valence-corrected chi connectivity index (χ0v) is 19.1. The number of nitrogens with one attached hydrogen (secondary N) is 1. The van der Waals surface area contributed by atoms with Gasteiger partial charge in [0.05, 0.1) is 11.7 Å². The largest absolute Gasteiger partial charge is 0.325 e. The second-order valence-electron chi connectivity index (χ2n) is 8.56. The van der Waals surface area contributed by atoms with Gasteiger partial charge in [-0.1, -0.05) is 56.3 Å². The van der Waals surface area contributed by atoms with Gasteiger partial charge in [-0.2, -0.15) is 0 Å². The molecule has 0 saturated carbocycles. The molecule has 30 heavy (non-hydrogen) atoms. The lowest BCUT2D eigenvalue weighted by atomic mass is 9.95. The van der Waals surface area contributed by atoms with Gasteiger partial charge in [-0.25, -0.2) is 12.7 Å². The van der Waals surface area contributed by atoms with Gasteiger partial charge in [0.15, 0.2) is 0 Å². The quantitative estimate of drug-likeness (QED) is 0.731. The molecule has 0 aliphatic carbocycles. The molecular formula is C24H32N2O3S. The molecule has 2 aromatic carbocycles. The van der Waals surface area contributed by atoms with E-state index in [1.54, 1.807) is 0 Å². The Morgan fingerprint density at radius 3 is 2.50 bits per heavy atom. The van der Waals surface area contributed by atoms with Gasteiger partial charge in [-0.05, 0) is 54.9 Å². The Balaban J connectivity index is 1.73. The van der Waals surface area contributed by atoms with E-state index in [9.17, 15) is 13.2 Å². The molecule has 0 spiro atoms. The Morgan fingerprint density at radius 1 is 1.10 bits per heavy atom. The predicted octanol–water partition coefficient (Wildman–Crippen LogP) is 4.61. The van der Waals surface area contributed by atoms with Crippen LogP contribution in [0.4, 0.5) is 5.69 Å². The summed E-state index contributed by atoms with van der Waals surface area (Å²) in [6.07, 6.45) is 1.39. The zero-order valence-electron chi connectivity index (χ0n) is 18.3. The Labute approximate surface area is 180 Å². The highest BCUT2D eigenvalue weighted by Crippen LogP contribution is 2.29. The minimum Gasteiger partial charge on any atom is -0.325 e. The number of hydrogen-bond acceptors (Lipinski definition) is 3. The van der Waals surface area contributed by atoms with E-state index in [2.05, 4.69) is 19.2 Å². The highest BCUT2D eigenvalue weighted by atomic mass is 32.2. The van der Waals surface area contributed by atoms with Gasteiger partial charge < -0.3 is 5.32 Å². The Bertz CT molecular complexity index is 1010. The number of para-hydroxylation sites is 1. The Morgan fingerprint density at radius 2 is 1.80 bits per heavy atom. The number of aryl methyl sites for hydroxylation is 2. The van der Waals surface area contributed by atoms with Gasteiger partial charge in [0.2, 0.25) is 15.9 Å². The van der Waals surface area contributed by atoms with E-state index in [0.29, 0.717) is 19.4 Å². The molecule has 3 rings (SSSR count). The number of benzene rings is 2. The molecule has 1 aliphatic rings. The van der Waals surface area contributed by atoms with Crippen LogP contribution < -0.4 is 5.32 Å². The topological polar surface area (TPSA) is 66.5 Å². The number of carbonyl (C=O) groups excluding carboxylic acids is 1. The summed E-state index contributed by atoms with van der Waals surface area (Å²) < 4.78 is 27.5. The highest BCUT2D eigenvalue weighted by molar-refractivity contribution is 7.88. The van der Waals surface area contributed by atoms with E-state index in [-0.39, 0.29) is 30.0 Å². The molecule has 0 bridgehead atoms. The van der Waals surface area contributed by atoms with Gasteiger partial charge in [0, 0.05) is 18.8 Å². The number of nitrogens with zero attached hydrogens (tertiary/aromatic N) is 1. The summed E-state index contributed by atoms with van der Waals surface area (Å²) in [6, 6.07) is 13.6. The molecule has 0 radical (unpaired) electrons. The Kier molecular flexibility index (Phi) is 6.98. The van der Waals surface area contributed by atoms with Gasteiger partial charge in [0.25, 0.3) is 0 Å². The van der Waals surface area contributed by atoms with Crippen molar-refractivity contribution in [3.05, 3.63) is 64.7 Å². The molecule has 1 amide bonds. The maximum atomic E-state index is 13.0. The van der Waals surface area contributed by atoms with Gasteiger partial charge >= 0.3 is 0 Å². The number of sulfonamides is 1. The number of piperidine rings is 1. The van der Waals surface area contributed by atoms with Crippen LogP contribution in [0.2, 0.25) is 0 Å². The average Bonchev–Trinajstić information content (AvgIpc) is 2.71. The van der Waals surface area contributed by atoms with Gasteiger partial charge in [-0.3, -0.25) is 4.79 Å². The third kappa shape index (κ3) is 5.10. The second-order valence-corrected chi connectivity index (χ2v) is 10.5. The SMILES string of the molecule is Cc1ccccc1CS(=O)(=O)N1CCC[C@H](C(=O)Nc2c(C)cccc2C(C)C)C1. The summed E-state index contributed by atoms with van der Waals surface area (Å²) >= 11 is 0. The van der Waals surface area contributed by atoms with Crippen LogP contribution in [0.1, 0.15) is 54.9 Å². The summed E-state index contributed by atoms with van der Waals surface area (Å²) in [5, 5.41) is 3.10. The van der Waals surface area contributed by atoms with Crippen LogP contribution in [0.5, 0.6) is 0 Å². The normalized spacial score (nSPS) is 17.8. The van der Waals surface area contributed by atoms with E-state index >= 15 is 0 Å². The molecular weight excluding hydrogens is 396 g/mol. The number of amides is 1. The van der Waals surface area contributed by atoms with Crippen LogP contribution in [-0.2, 0) is 20.6 Å². The van der Waals surface area contributed by atoms with Crippen LogP contribution in [0.25, 0.3) is 0 Å². The van der Waals surface area contributed by atoms with Crippen LogP contribution in [0, 0.1) is 19.8 Å². The van der Waals surface area contributed by atoms with Crippen molar-refractivity contribution in [3.63, 3.8) is 0 Å². The van der Waals surface area contributed by atoms with Crippen molar-refractivity contribution < 1.29 is 13.2 Å². The third-order valence-electron chi connectivity index (χ3n) is 5.92. The lowest BCUT2D eigenvalue weighted by Crippen LogP contribution is -2.44. The number of rotatable bonds is 6. The smallest absolute Gasteiger partial charge is 0.228 e. The summed E-state index contributed by atoms with van der Waals surface area (Å²) in [6.45, 7) is 8.82. The lowest BCUT2D eigenvalue weighted by molar-refractivity contribution is -0.120. The lowest BCUT2D eigenvalue weighted by Gasteiger charge is -2.31. The van der Waals surface area contributed by atoms with Crippen molar-refractivity contribution in [2.24, 2.45) is 5.92 Å². The zero-order chi connectivity index (χ0) is 21.9. The first-order valence-corrected chi connectivity index (χ1v) is 12.2. The van der Waals surface area contributed by atoms with Crippen LogP contribution in [0.15, 0.2) is 42.5 Å². The minimum atomic E-state index is -3.47.